The summed E-state index contributed by atoms with van der Waals surface area (Å²) < 4.78 is 0. The second kappa shape index (κ2) is 29.6. The molecule has 0 fully saturated rings. The van der Waals surface area contributed by atoms with Crippen LogP contribution in [0, 0.1) is 0 Å². The molecule has 8 N–H and O–H groups in total. The highest BCUT2D eigenvalue weighted by molar-refractivity contribution is 7.80. The molecule has 0 bridgehead atoms. The van der Waals surface area contributed by atoms with Gasteiger partial charge in [0.25, 0.3) is 0 Å². The van der Waals surface area contributed by atoms with Crippen LogP contribution in [0.4, 0.5) is 0 Å². The van der Waals surface area contributed by atoms with E-state index in [4.69, 9.17) is 5.73 Å². The summed E-state index contributed by atoms with van der Waals surface area (Å²) in [5, 5.41) is 16.4. The maximum Gasteiger partial charge on any atom is 0.243 e. The van der Waals surface area contributed by atoms with Crippen LogP contribution < -0.4 is 37.6 Å². The average Bonchev–Trinajstić information content (AvgIpc) is 3.02. The number of carbonyl (C=O) groups excluding carboxylic acids is 7. The van der Waals surface area contributed by atoms with Gasteiger partial charge < -0.3 is 37.6 Å². The zero-order chi connectivity index (χ0) is 36.2. The molecule has 3 atom stereocenters. The largest absolute Gasteiger partial charge is 0.368 e. The molecule has 3 unspecified atom stereocenters. The monoisotopic (exact) mass is 753 g/mol. The minimum atomic E-state index is -0.987. The Labute approximate surface area is 306 Å². The quantitative estimate of drug-likeness (QED) is 0.0373. The molecule has 0 aromatic rings. The van der Waals surface area contributed by atoms with Crippen molar-refractivity contribution in [2.24, 2.45) is 5.73 Å². The van der Waals surface area contributed by atoms with Crippen molar-refractivity contribution in [2.45, 2.75) is 102 Å². The van der Waals surface area contributed by atoms with Crippen LogP contribution in [0.1, 0.15) is 83.5 Å². The fourth-order valence-corrected chi connectivity index (χ4v) is 5.23. The molecule has 0 heterocycles. The van der Waals surface area contributed by atoms with Crippen molar-refractivity contribution in [3.8, 4) is 0 Å². The summed E-state index contributed by atoms with van der Waals surface area (Å²) in [5.41, 5.74) is 5.56. The van der Waals surface area contributed by atoms with Gasteiger partial charge in [-0.15, -0.1) is 0 Å². The Morgan fingerprint density at radius 3 is 1.19 bits per heavy atom. The Morgan fingerprint density at radius 2 is 0.792 bits per heavy atom. The lowest BCUT2D eigenvalue weighted by Crippen LogP contribution is -2.53. The van der Waals surface area contributed by atoms with E-state index in [0.717, 1.165) is 0 Å². The summed E-state index contributed by atoms with van der Waals surface area (Å²) in [4.78, 5) is 85.7. The first-order valence-electron chi connectivity index (χ1n) is 16.4. The van der Waals surface area contributed by atoms with Crippen LogP contribution in [-0.2, 0) is 33.6 Å². The highest BCUT2D eigenvalue weighted by Crippen LogP contribution is 2.07. The van der Waals surface area contributed by atoms with Crippen molar-refractivity contribution in [1.29, 1.82) is 0 Å². The van der Waals surface area contributed by atoms with Crippen LogP contribution in [0.5, 0.6) is 0 Å². The minimum absolute atomic E-state index is 0.0886. The first kappa shape index (κ1) is 45.7. The molecule has 0 saturated heterocycles. The van der Waals surface area contributed by atoms with E-state index in [1.807, 2.05) is 0 Å². The summed E-state index contributed by atoms with van der Waals surface area (Å²) in [6.07, 6.45) is 5.10. The third-order valence-corrected chi connectivity index (χ3v) is 7.92. The molecule has 0 rings (SSSR count). The summed E-state index contributed by atoms with van der Waals surface area (Å²) in [5.74, 6) is -0.907. The van der Waals surface area contributed by atoms with Crippen LogP contribution in [0.15, 0.2) is 0 Å². The molecule has 7 amide bonds. The predicted octanol–water partition coefficient (Wildman–Crippen LogP) is 0.0652. The van der Waals surface area contributed by atoms with Gasteiger partial charge in [-0.3, -0.25) is 33.6 Å². The number of hydrogen-bond donors (Lipinski definition) is 11. The Balaban J connectivity index is 4.91. The van der Waals surface area contributed by atoms with Gasteiger partial charge in [-0.2, -0.15) is 50.5 Å². The molecule has 48 heavy (non-hydrogen) atoms. The van der Waals surface area contributed by atoms with Gasteiger partial charge in [-0.1, -0.05) is 0 Å². The number of primary amides is 1. The molecule has 0 saturated carbocycles. The summed E-state index contributed by atoms with van der Waals surface area (Å²) in [6.45, 7) is 1.15. The lowest BCUT2D eigenvalue weighted by Gasteiger charge is -2.22. The predicted molar refractivity (Wildman–Crippen MR) is 199 cm³/mol. The fourth-order valence-electron chi connectivity index (χ4n) is 4.42. The molecule has 0 radical (unpaired) electrons. The van der Waals surface area contributed by atoms with Crippen molar-refractivity contribution in [3.05, 3.63) is 0 Å². The number of thiol groups is 4. The number of hydrogen-bond acceptors (Lipinski definition) is 11. The first-order valence-corrected chi connectivity index (χ1v) is 18.9. The average molecular weight is 754 g/mol. The van der Waals surface area contributed by atoms with Crippen molar-refractivity contribution >= 4 is 91.9 Å². The number of unbranched alkanes of at least 4 members (excludes halogenated alkanes) is 3. The second-order valence-electron chi connectivity index (χ2n) is 11.1. The summed E-state index contributed by atoms with van der Waals surface area (Å²) in [6, 6.07) is -2.63. The maximum absolute atomic E-state index is 13.1. The van der Waals surface area contributed by atoms with Crippen molar-refractivity contribution in [1.82, 2.24) is 31.9 Å². The van der Waals surface area contributed by atoms with E-state index in [2.05, 4.69) is 82.4 Å². The molecule has 0 aliphatic carbocycles. The van der Waals surface area contributed by atoms with Gasteiger partial charge in [-0.25, -0.2) is 0 Å². The van der Waals surface area contributed by atoms with E-state index >= 15 is 0 Å². The van der Waals surface area contributed by atoms with E-state index < -0.39 is 29.9 Å². The van der Waals surface area contributed by atoms with E-state index in [-0.39, 0.29) is 55.3 Å². The highest BCUT2D eigenvalue weighted by Gasteiger charge is 2.25. The molecular formula is C30H55N7O7S4. The molecule has 14 nitrogen and oxygen atoms in total. The SMILES string of the molecule is NC(=O)C(CCCCNC(=O)C(CCCCNC(=O)CCS)NC(=O)CCS)NC(=O)C(CCCCNC(=O)CCS)NC(=O)CCS. The van der Waals surface area contributed by atoms with Gasteiger partial charge >= 0.3 is 0 Å². The smallest absolute Gasteiger partial charge is 0.243 e. The molecule has 0 aromatic carbocycles. The number of amides is 7. The van der Waals surface area contributed by atoms with E-state index in [9.17, 15) is 33.6 Å². The van der Waals surface area contributed by atoms with Crippen LogP contribution in [-0.4, -0.2) is 102 Å². The molecule has 18 heteroatoms. The van der Waals surface area contributed by atoms with Crippen molar-refractivity contribution in [3.63, 3.8) is 0 Å². The number of carbonyl (C=O) groups is 7. The summed E-state index contributed by atoms with van der Waals surface area (Å²) >= 11 is 16.2. The van der Waals surface area contributed by atoms with Gasteiger partial charge in [0.2, 0.25) is 41.4 Å². The van der Waals surface area contributed by atoms with Gasteiger partial charge in [0, 0.05) is 45.3 Å². The van der Waals surface area contributed by atoms with E-state index in [1.54, 1.807) is 0 Å². The zero-order valence-corrected chi connectivity index (χ0v) is 31.2. The van der Waals surface area contributed by atoms with Crippen molar-refractivity contribution in [2.75, 3.05) is 42.6 Å². The third-order valence-electron chi connectivity index (χ3n) is 7.02. The Bertz CT molecular complexity index is 1010. The van der Waals surface area contributed by atoms with Gasteiger partial charge in [0.1, 0.15) is 18.1 Å². The second-order valence-corrected chi connectivity index (χ2v) is 12.9. The number of nitrogens with one attached hydrogen (secondary N) is 6. The first-order chi connectivity index (χ1) is 23.0. The molecule has 276 valence electrons. The van der Waals surface area contributed by atoms with E-state index in [0.29, 0.717) is 100 Å². The topological polar surface area (TPSA) is 218 Å². The third kappa shape index (κ3) is 23.9. The zero-order valence-electron chi connectivity index (χ0n) is 27.6. The molecule has 0 aliphatic heterocycles. The number of rotatable bonds is 29. The molecular weight excluding hydrogens is 699 g/mol. The Kier molecular flexibility index (Phi) is 28.2. The van der Waals surface area contributed by atoms with Crippen molar-refractivity contribution < 1.29 is 33.6 Å². The van der Waals surface area contributed by atoms with Crippen LogP contribution in [0.3, 0.4) is 0 Å². The Morgan fingerprint density at radius 1 is 0.438 bits per heavy atom. The molecule has 0 aliphatic rings. The standard InChI is InChI=1S/C30H55N7O7S4/c31-28(42)21(37-30(44)23(36-27(41)13-20-48)9-3-5-15-33-25(39)11-18-46)7-1-6-16-34-29(43)22(35-26(40)12-19-47)8-2-4-14-32-24(38)10-17-45/h21-23,45-48H,1-20H2,(H2,31,42)(H,32,38)(H,33,39)(H,34,43)(H,35,40)(H,36,41)(H,37,44). The van der Waals surface area contributed by atoms with Gasteiger partial charge in [-0.05, 0) is 80.8 Å². The highest BCUT2D eigenvalue weighted by atomic mass is 32.1. The summed E-state index contributed by atoms with van der Waals surface area (Å²) in [7, 11) is 0. The molecule has 0 aromatic heterocycles. The molecule has 0 spiro atoms. The maximum atomic E-state index is 13.1. The minimum Gasteiger partial charge on any atom is -0.368 e. The lowest BCUT2D eigenvalue weighted by atomic mass is 10.1. The fraction of sp³-hybridized carbons (Fsp3) is 0.767. The van der Waals surface area contributed by atoms with Gasteiger partial charge in [0.15, 0.2) is 0 Å². The Hall–Kier alpha value is -2.31. The lowest BCUT2D eigenvalue weighted by molar-refractivity contribution is -0.131. The normalized spacial score (nSPS) is 12.6. The van der Waals surface area contributed by atoms with Crippen LogP contribution in [0.2, 0.25) is 0 Å². The van der Waals surface area contributed by atoms with Crippen LogP contribution in [0.25, 0.3) is 0 Å². The van der Waals surface area contributed by atoms with Gasteiger partial charge in [0.05, 0.1) is 0 Å². The van der Waals surface area contributed by atoms with Crippen LogP contribution >= 0.6 is 50.5 Å². The number of nitrogens with two attached hydrogens (primary N) is 1. The van der Waals surface area contributed by atoms with E-state index in [1.165, 1.54) is 0 Å².